The minimum absolute atomic E-state index is 0.0980. The molecule has 3 amide bonds. The van der Waals surface area contributed by atoms with Crippen LogP contribution in [-0.4, -0.2) is 25.5 Å². The average Bonchev–Trinajstić information content (AvgIpc) is 2.60. The molecule has 126 valence electrons. The number of carbonyl (C=O) groups is 2. The van der Waals surface area contributed by atoms with Crippen molar-refractivity contribution >= 4 is 11.9 Å². The lowest BCUT2D eigenvalue weighted by atomic mass is 9.98. The lowest BCUT2D eigenvalue weighted by molar-refractivity contribution is -0.119. The second-order valence-electron chi connectivity index (χ2n) is 5.27. The van der Waals surface area contributed by atoms with Gasteiger partial charge in [-0.2, -0.15) is 0 Å². The Labute approximate surface area is 140 Å². The summed E-state index contributed by atoms with van der Waals surface area (Å²) in [5.74, 6) is -0.818. The van der Waals surface area contributed by atoms with E-state index in [0.717, 1.165) is 5.56 Å². The van der Waals surface area contributed by atoms with E-state index in [1.54, 1.807) is 18.2 Å². The Hall–Kier alpha value is -2.73. The first-order valence-corrected chi connectivity index (χ1v) is 7.63. The molecule has 1 atom stereocenters. The topological polar surface area (TPSA) is 70.2 Å². The number of benzene rings is 2. The molecule has 0 saturated heterocycles. The highest BCUT2D eigenvalue weighted by atomic mass is 19.1. The van der Waals surface area contributed by atoms with Gasteiger partial charge in [0.25, 0.3) is 0 Å². The average molecular weight is 329 g/mol. The molecule has 0 bridgehead atoms. The number of halogens is 1. The molecular formula is C18H20FN3O2. The molecule has 0 radical (unpaired) electrons. The van der Waals surface area contributed by atoms with E-state index in [4.69, 9.17) is 0 Å². The number of imide groups is 1. The van der Waals surface area contributed by atoms with Crippen LogP contribution >= 0.6 is 0 Å². The zero-order valence-electron chi connectivity index (χ0n) is 13.4. The molecule has 6 heteroatoms. The van der Waals surface area contributed by atoms with Crippen molar-refractivity contribution in [2.75, 3.05) is 13.6 Å². The number of nitrogens with one attached hydrogen (secondary N) is 3. The van der Waals surface area contributed by atoms with Crippen LogP contribution < -0.4 is 16.0 Å². The summed E-state index contributed by atoms with van der Waals surface area (Å²) < 4.78 is 14.1. The van der Waals surface area contributed by atoms with Crippen LogP contribution in [-0.2, 0) is 11.2 Å². The Morgan fingerprint density at radius 3 is 2.38 bits per heavy atom. The SMILES string of the molecule is CNC(=O)NC(=O)CN[C@H](Cc1ccccc1)c1ccccc1F. The van der Waals surface area contributed by atoms with Crippen molar-refractivity contribution in [3.63, 3.8) is 0 Å². The first kappa shape index (κ1) is 17.6. The summed E-state index contributed by atoms with van der Waals surface area (Å²) in [7, 11) is 1.42. The van der Waals surface area contributed by atoms with Crippen LogP contribution in [0.25, 0.3) is 0 Å². The number of hydrogen-bond acceptors (Lipinski definition) is 3. The number of rotatable bonds is 6. The van der Waals surface area contributed by atoms with Crippen LogP contribution in [0.2, 0.25) is 0 Å². The Morgan fingerprint density at radius 2 is 1.71 bits per heavy atom. The zero-order valence-corrected chi connectivity index (χ0v) is 13.4. The molecule has 0 aliphatic heterocycles. The summed E-state index contributed by atoms with van der Waals surface area (Å²) in [6, 6.07) is 15.1. The van der Waals surface area contributed by atoms with Gasteiger partial charge in [-0.15, -0.1) is 0 Å². The molecule has 0 aromatic heterocycles. The Balaban J connectivity index is 2.10. The predicted octanol–water partition coefficient (Wildman–Crippen LogP) is 2.15. The largest absolute Gasteiger partial charge is 0.341 e. The fourth-order valence-corrected chi connectivity index (χ4v) is 2.35. The highest BCUT2D eigenvalue weighted by Gasteiger charge is 2.17. The van der Waals surface area contributed by atoms with Crippen molar-refractivity contribution in [2.24, 2.45) is 0 Å². The third kappa shape index (κ3) is 5.17. The van der Waals surface area contributed by atoms with E-state index < -0.39 is 11.9 Å². The normalized spacial score (nSPS) is 11.6. The fourth-order valence-electron chi connectivity index (χ4n) is 2.35. The number of urea groups is 1. The molecule has 24 heavy (non-hydrogen) atoms. The van der Waals surface area contributed by atoms with E-state index >= 15 is 0 Å². The standard InChI is InChI=1S/C18H20FN3O2/c1-20-18(24)22-17(23)12-21-16(11-13-7-3-2-4-8-13)14-9-5-6-10-15(14)19/h2-10,16,21H,11-12H2,1H3,(H2,20,22,23,24)/t16-/m1/s1. The Bertz CT molecular complexity index is 692. The van der Waals surface area contributed by atoms with Gasteiger partial charge in [0.05, 0.1) is 6.54 Å². The Kier molecular flexibility index (Phi) is 6.45. The molecule has 0 fully saturated rings. The summed E-state index contributed by atoms with van der Waals surface area (Å²) in [6.45, 7) is -0.0980. The van der Waals surface area contributed by atoms with Crippen molar-refractivity contribution in [2.45, 2.75) is 12.5 Å². The third-order valence-corrected chi connectivity index (χ3v) is 3.55. The Morgan fingerprint density at radius 1 is 1.04 bits per heavy atom. The summed E-state index contributed by atoms with van der Waals surface area (Å²) >= 11 is 0. The third-order valence-electron chi connectivity index (χ3n) is 3.55. The maximum absolute atomic E-state index is 14.1. The van der Waals surface area contributed by atoms with Crippen molar-refractivity contribution in [3.05, 3.63) is 71.5 Å². The highest BCUT2D eigenvalue weighted by Crippen LogP contribution is 2.21. The lowest BCUT2D eigenvalue weighted by Crippen LogP contribution is -2.43. The van der Waals surface area contributed by atoms with Crippen molar-refractivity contribution in [1.82, 2.24) is 16.0 Å². The molecule has 0 saturated carbocycles. The van der Waals surface area contributed by atoms with Gasteiger partial charge in [-0.25, -0.2) is 9.18 Å². The smallest absolute Gasteiger partial charge is 0.321 e. The minimum Gasteiger partial charge on any atom is -0.341 e. The zero-order chi connectivity index (χ0) is 17.4. The van der Waals surface area contributed by atoms with Gasteiger partial charge >= 0.3 is 6.03 Å². The van der Waals surface area contributed by atoms with E-state index in [1.165, 1.54) is 13.1 Å². The maximum atomic E-state index is 14.1. The van der Waals surface area contributed by atoms with Crippen LogP contribution in [0.5, 0.6) is 0 Å². The van der Waals surface area contributed by atoms with Gasteiger partial charge in [-0.05, 0) is 18.1 Å². The monoisotopic (exact) mass is 329 g/mol. The first-order chi connectivity index (χ1) is 11.6. The molecule has 3 N–H and O–H groups in total. The van der Waals surface area contributed by atoms with Gasteiger partial charge in [0, 0.05) is 18.7 Å². The first-order valence-electron chi connectivity index (χ1n) is 7.63. The number of carbonyl (C=O) groups excluding carboxylic acids is 2. The van der Waals surface area contributed by atoms with E-state index in [2.05, 4.69) is 16.0 Å². The summed E-state index contributed by atoms with van der Waals surface area (Å²) in [4.78, 5) is 22.9. The quantitative estimate of drug-likeness (QED) is 0.760. The van der Waals surface area contributed by atoms with E-state index in [0.29, 0.717) is 12.0 Å². The molecule has 2 aromatic carbocycles. The molecule has 0 aliphatic rings. The predicted molar refractivity (Wildman–Crippen MR) is 89.9 cm³/mol. The molecule has 5 nitrogen and oxygen atoms in total. The minimum atomic E-state index is -0.577. The van der Waals surface area contributed by atoms with Crippen LogP contribution in [0.15, 0.2) is 54.6 Å². The maximum Gasteiger partial charge on any atom is 0.321 e. The second-order valence-corrected chi connectivity index (χ2v) is 5.27. The molecule has 0 spiro atoms. The summed E-state index contributed by atoms with van der Waals surface area (Å²) in [6.07, 6.45) is 0.523. The van der Waals surface area contributed by atoms with Gasteiger partial charge in [-0.1, -0.05) is 48.5 Å². The molecular weight excluding hydrogens is 309 g/mol. The summed E-state index contributed by atoms with van der Waals surface area (Å²) in [5, 5.41) is 7.50. The van der Waals surface area contributed by atoms with Gasteiger partial charge in [-0.3, -0.25) is 10.1 Å². The van der Waals surface area contributed by atoms with Crippen LogP contribution in [0.4, 0.5) is 9.18 Å². The van der Waals surface area contributed by atoms with Crippen LogP contribution in [0.3, 0.4) is 0 Å². The van der Waals surface area contributed by atoms with E-state index in [-0.39, 0.29) is 18.4 Å². The van der Waals surface area contributed by atoms with E-state index in [9.17, 15) is 14.0 Å². The van der Waals surface area contributed by atoms with Crippen molar-refractivity contribution < 1.29 is 14.0 Å². The van der Waals surface area contributed by atoms with Crippen LogP contribution in [0, 0.1) is 5.82 Å². The van der Waals surface area contributed by atoms with Gasteiger partial charge in [0.2, 0.25) is 5.91 Å². The fraction of sp³-hybridized carbons (Fsp3) is 0.222. The van der Waals surface area contributed by atoms with Gasteiger partial charge in [0.1, 0.15) is 5.82 Å². The van der Waals surface area contributed by atoms with Crippen LogP contribution in [0.1, 0.15) is 17.2 Å². The molecule has 0 aliphatic carbocycles. The molecule has 0 heterocycles. The molecule has 2 rings (SSSR count). The summed E-state index contributed by atoms with van der Waals surface area (Å²) in [5.41, 5.74) is 1.50. The second kappa shape index (κ2) is 8.79. The lowest BCUT2D eigenvalue weighted by Gasteiger charge is -2.20. The van der Waals surface area contributed by atoms with Gasteiger partial charge < -0.3 is 10.6 Å². The molecule has 0 unspecified atom stereocenters. The number of amides is 3. The van der Waals surface area contributed by atoms with Crippen molar-refractivity contribution in [1.29, 1.82) is 0 Å². The number of hydrogen-bond donors (Lipinski definition) is 3. The van der Waals surface area contributed by atoms with Gasteiger partial charge in [0.15, 0.2) is 0 Å². The van der Waals surface area contributed by atoms with E-state index in [1.807, 2.05) is 30.3 Å². The highest BCUT2D eigenvalue weighted by molar-refractivity contribution is 5.95. The molecule has 2 aromatic rings. The van der Waals surface area contributed by atoms with Crippen molar-refractivity contribution in [3.8, 4) is 0 Å².